The number of hydrogen-bond acceptors (Lipinski definition) is 0. The van der Waals surface area contributed by atoms with Gasteiger partial charge in [0.2, 0.25) is 0 Å². The summed E-state index contributed by atoms with van der Waals surface area (Å²) in [5, 5.41) is 0. The first-order valence-electron chi connectivity index (χ1n) is 5.50. The molecule has 0 amide bonds. The SMILES string of the molecule is C1=CC2C=CC3CCCC3C2=CC1. The van der Waals surface area contributed by atoms with Gasteiger partial charge in [-0.05, 0) is 31.1 Å². The second kappa shape index (κ2) is 2.87. The molecule has 0 spiro atoms. The van der Waals surface area contributed by atoms with Crippen LogP contribution in [0.5, 0.6) is 0 Å². The topological polar surface area (TPSA) is 0 Å². The molecule has 0 aromatic heterocycles. The Balaban J connectivity index is 1.98. The summed E-state index contributed by atoms with van der Waals surface area (Å²) in [6.07, 6.45) is 17.5. The van der Waals surface area contributed by atoms with E-state index in [9.17, 15) is 0 Å². The molecule has 3 unspecified atom stereocenters. The van der Waals surface area contributed by atoms with Gasteiger partial charge < -0.3 is 0 Å². The maximum absolute atomic E-state index is 2.47. The summed E-state index contributed by atoms with van der Waals surface area (Å²) < 4.78 is 0. The van der Waals surface area contributed by atoms with Crippen LogP contribution in [0, 0.1) is 17.8 Å². The lowest BCUT2D eigenvalue weighted by Gasteiger charge is -2.30. The van der Waals surface area contributed by atoms with E-state index in [-0.39, 0.29) is 0 Å². The smallest absolute Gasteiger partial charge is 0.0160 e. The first-order chi connectivity index (χ1) is 6.45. The summed E-state index contributed by atoms with van der Waals surface area (Å²) in [7, 11) is 0. The fourth-order valence-electron chi connectivity index (χ4n) is 3.15. The standard InChI is InChI=1S/C13H16/c1-2-6-12-10(4-1)8-9-11-5-3-7-13(11)12/h1,4,6,8-11,13H,2-3,5,7H2. The van der Waals surface area contributed by atoms with Gasteiger partial charge in [0, 0.05) is 5.92 Å². The van der Waals surface area contributed by atoms with Crippen molar-refractivity contribution in [3.63, 3.8) is 0 Å². The monoisotopic (exact) mass is 172 g/mol. The highest BCUT2D eigenvalue weighted by Gasteiger charge is 2.33. The maximum Gasteiger partial charge on any atom is 0.0160 e. The molecule has 0 aromatic carbocycles. The van der Waals surface area contributed by atoms with Crippen LogP contribution in [0.2, 0.25) is 0 Å². The highest BCUT2D eigenvalue weighted by Crippen LogP contribution is 2.45. The molecule has 3 aliphatic carbocycles. The van der Waals surface area contributed by atoms with E-state index in [1.54, 1.807) is 5.57 Å². The van der Waals surface area contributed by atoms with Crippen molar-refractivity contribution in [1.82, 2.24) is 0 Å². The van der Waals surface area contributed by atoms with Gasteiger partial charge in [-0.15, -0.1) is 0 Å². The zero-order valence-electron chi connectivity index (χ0n) is 7.95. The molecule has 0 heterocycles. The molecule has 0 N–H and O–H groups in total. The van der Waals surface area contributed by atoms with Crippen molar-refractivity contribution in [2.45, 2.75) is 25.7 Å². The maximum atomic E-state index is 2.47. The second-order valence-electron chi connectivity index (χ2n) is 4.48. The van der Waals surface area contributed by atoms with Crippen LogP contribution in [0.1, 0.15) is 25.7 Å². The molecule has 1 fully saturated rings. The molecule has 3 rings (SSSR count). The fraction of sp³-hybridized carbons (Fsp3) is 0.538. The Morgan fingerprint density at radius 1 is 1.08 bits per heavy atom. The third-order valence-electron chi connectivity index (χ3n) is 3.78. The van der Waals surface area contributed by atoms with Gasteiger partial charge in [-0.2, -0.15) is 0 Å². The summed E-state index contributed by atoms with van der Waals surface area (Å²) >= 11 is 0. The van der Waals surface area contributed by atoms with E-state index in [0.29, 0.717) is 5.92 Å². The van der Waals surface area contributed by atoms with Gasteiger partial charge in [-0.1, -0.05) is 42.4 Å². The Morgan fingerprint density at radius 2 is 2.08 bits per heavy atom. The van der Waals surface area contributed by atoms with Crippen molar-refractivity contribution in [1.29, 1.82) is 0 Å². The quantitative estimate of drug-likeness (QED) is 0.491. The van der Waals surface area contributed by atoms with E-state index >= 15 is 0 Å². The molecule has 13 heavy (non-hydrogen) atoms. The van der Waals surface area contributed by atoms with Crippen molar-refractivity contribution in [3.8, 4) is 0 Å². The van der Waals surface area contributed by atoms with E-state index < -0.39 is 0 Å². The lowest BCUT2D eigenvalue weighted by molar-refractivity contribution is 0.478. The predicted molar refractivity (Wildman–Crippen MR) is 55.3 cm³/mol. The fourth-order valence-corrected chi connectivity index (χ4v) is 3.15. The minimum Gasteiger partial charge on any atom is -0.0839 e. The molecule has 0 nitrogen and oxygen atoms in total. The molecule has 3 atom stereocenters. The largest absolute Gasteiger partial charge is 0.0839 e. The van der Waals surface area contributed by atoms with Gasteiger partial charge in [0.15, 0.2) is 0 Å². The first-order valence-corrected chi connectivity index (χ1v) is 5.50. The van der Waals surface area contributed by atoms with E-state index in [2.05, 4.69) is 30.4 Å². The predicted octanol–water partition coefficient (Wildman–Crippen LogP) is 3.48. The van der Waals surface area contributed by atoms with E-state index in [4.69, 9.17) is 0 Å². The Labute approximate surface area is 80.0 Å². The average Bonchev–Trinajstić information content (AvgIpc) is 2.65. The highest BCUT2D eigenvalue weighted by molar-refractivity contribution is 5.32. The molecule has 0 saturated heterocycles. The summed E-state index contributed by atoms with van der Waals surface area (Å²) in [5.41, 5.74) is 1.73. The van der Waals surface area contributed by atoms with Crippen LogP contribution >= 0.6 is 0 Å². The molecule has 0 aliphatic heterocycles. The third-order valence-corrected chi connectivity index (χ3v) is 3.78. The van der Waals surface area contributed by atoms with Gasteiger partial charge >= 0.3 is 0 Å². The number of allylic oxidation sites excluding steroid dienone is 6. The highest BCUT2D eigenvalue weighted by atomic mass is 14.4. The van der Waals surface area contributed by atoms with Crippen LogP contribution in [-0.4, -0.2) is 0 Å². The summed E-state index contributed by atoms with van der Waals surface area (Å²) in [4.78, 5) is 0. The van der Waals surface area contributed by atoms with Crippen LogP contribution in [0.25, 0.3) is 0 Å². The normalized spacial score (nSPS) is 41.2. The number of hydrogen-bond donors (Lipinski definition) is 0. The Bertz CT molecular complexity index is 293. The molecule has 0 bridgehead atoms. The van der Waals surface area contributed by atoms with Gasteiger partial charge in [0.1, 0.15) is 0 Å². The molecule has 1 saturated carbocycles. The minimum atomic E-state index is 0.660. The molecule has 0 radical (unpaired) electrons. The van der Waals surface area contributed by atoms with Crippen molar-refractivity contribution < 1.29 is 0 Å². The van der Waals surface area contributed by atoms with Crippen molar-refractivity contribution in [3.05, 3.63) is 36.0 Å². The summed E-state index contributed by atoms with van der Waals surface area (Å²) in [5.74, 6) is 2.45. The van der Waals surface area contributed by atoms with Gasteiger partial charge in [-0.3, -0.25) is 0 Å². The average molecular weight is 172 g/mol. The molecule has 0 heteroatoms. The van der Waals surface area contributed by atoms with Crippen molar-refractivity contribution in [2.75, 3.05) is 0 Å². The van der Waals surface area contributed by atoms with Gasteiger partial charge in [-0.25, -0.2) is 0 Å². The molecule has 0 aromatic rings. The Kier molecular flexibility index (Phi) is 1.68. The first kappa shape index (κ1) is 7.61. The number of rotatable bonds is 0. The molecule has 3 aliphatic rings. The molecule has 68 valence electrons. The van der Waals surface area contributed by atoms with Gasteiger partial charge in [0.25, 0.3) is 0 Å². The lowest BCUT2D eigenvalue weighted by atomic mass is 9.74. The van der Waals surface area contributed by atoms with Crippen LogP contribution in [0.15, 0.2) is 36.0 Å². The zero-order chi connectivity index (χ0) is 8.67. The molecular weight excluding hydrogens is 156 g/mol. The van der Waals surface area contributed by atoms with Crippen LogP contribution in [0.4, 0.5) is 0 Å². The Morgan fingerprint density at radius 3 is 3.08 bits per heavy atom. The lowest BCUT2D eigenvalue weighted by Crippen LogP contribution is -2.19. The van der Waals surface area contributed by atoms with E-state index in [0.717, 1.165) is 11.8 Å². The zero-order valence-corrected chi connectivity index (χ0v) is 7.95. The van der Waals surface area contributed by atoms with Crippen molar-refractivity contribution in [2.24, 2.45) is 17.8 Å². The van der Waals surface area contributed by atoms with Crippen molar-refractivity contribution >= 4 is 0 Å². The Hall–Kier alpha value is -0.780. The van der Waals surface area contributed by atoms with Gasteiger partial charge in [0.05, 0.1) is 0 Å². The summed E-state index contributed by atoms with van der Waals surface area (Å²) in [6, 6.07) is 0. The third kappa shape index (κ3) is 1.12. The van der Waals surface area contributed by atoms with Crippen LogP contribution < -0.4 is 0 Å². The second-order valence-corrected chi connectivity index (χ2v) is 4.48. The number of fused-ring (bicyclic) bond motifs is 3. The minimum absolute atomic E-state index is 0.660. The van der Waals surface area contributed by atoms with Crippen LogP contribution in [-0.2, 0) is 0 Å². The summed E-state index contributed by atoms with van der Waals surface area (Å²) in [6.45, 7) is 0. The molecular formula is C13H16. The van der Waals surface area contributed by atoms with E-state index in [1.165, 1.54) is 25.7 Å². The van der Waals surface area contributed by atoms with Crippen LogP contribution in [0.3, 0.4) is 0 Å². The van der Waals surface area contributed by atoms with E-state index in [1.807, 2.05) is 0 Å².